The van der Waals surface area contributed by atoms with Crippen molar-refractivity contribution in [2.24, 2.45) is 0 Å². The zero-order chi connectivity index (χ0) is 22.8. The standard InChI is InChI=1S/C23H23Cl2N7O/c24-17-7-6-16(14-18(17)25)32-21(26)19-20(15-4-2-1-3-5-15)28-23(29-22(19)30-32)27-8-9-31-10-12-33-13-11-31/h1-7,14H,8-13,26H2,(H,27,29,30). The number of rotatable bonds is 6. The van der Waals surface area contributed by atoms with Crippen molar-refractivity contribution in [2.75, 3.05) is 50.4 Å². The molecule has 10 heteroatoms. The van der Waals surface area contributed by atoms with Crippen molar-refractivity contribution in [2.45, 2.75) is 0 Å². The molecule has 2 aromatic carbocycles. The fourth-order valence-electron chi connectivity index (χ4n) is 3.86. The number of nitrogen functional groups attached to an aromatic ring is 1. The van der Waals surface area contributed by atoms with Crippen LogP contribution in [-0.2, 0) is 4.74 Å². The maximum atomic E-state index is 6.55. The van der Waals surface area contributed by atoms with Gasteiger partial charge in [-0.25, -0.2) is 9.67 Å². The van der Waals surface area contributed by atoms with Crippen LogP contribution in [0.4, 0.5) is 11.8 Å². The van der Waals surface area contributed by atoms with Crippen LogP contribution >= 0.6 is 23.2 Å². The zero-order valence-corrected chi connectivity index (χ0v) is 19.4. The fraction of sp³-hybridized carbons (Fsp3) is 0.261. The topological polar surface area (TPSA) is 94.1 Å². The van der Waals surface area contributed by atoms with Gasteiger partial charge in [-0.1, -0.05) is 53.5 Å². The molecule has 1 saturated heterocycles. The molecule has 2 aromatic heterocycles. The Labute approximate surface area is 201 Å². The summed E-state index contributed by atoms with van der Waals surface area (Å²) in [6, 6.07) is 15.1. The lowest BCUT2D eigenvalue weighted by Gasteiger charge is -2.26. The second-order valence-corrected chi connectivity index (χ2v) is 8.55. The molecule has 1 fully saturated rings. The number of ether oxygens (including phenoxy) is 1. The molecule has 3 N–H and O–H groups in total. The predicted molar refractivity (Wildman–Crippen MR) is 132 cm³/mol. The SMILES string of the molecule is Nc1c2c(-c3ccccc3)nc(NCCN3CCOCC3)nc2nn1-c1ccc(Cl)c(Cl)c1. The van der Waals surface area contributed by atoms with Gasteiger partial charge in [0.1, 0.15) is 5.82 Å². The van der Waals surface area contributed by atoms with Crippen molar-refractivity contribution >= 4 is 46.0 Å². The summed E-state index contributed by atoms with van der Waals surface area (Å²) in [5.41, 5.74) is 9.40. The summed E-state index contributed by atoms with van der Waals surface area (Å²) in [6.45, 7) is 4.99. The number of hydrogen-bond acceptors (Lipinski definition) is 7. The van der Waals surface area contributed by atoms with Crippen LogP contribution < -0.4 is 11.1 Å². The molecule has 0 unspecified atom stereocenters. The molecule has 0 atom stereocenters. The predicted octanol–water partition coefficient (Wildman–Crippen LogP) is 4.12. The minimum Gasteiger partial charge on any atom is -0.383 e. The number of nitrogens with two attached hydrogens (primary N) is 1. The van der Waals surface area contributed by atoms with Gasteiger partial charge in [-0.3, -0.25) is 4.90 Å². The second kappa shape index (κ2) is 9.52. The molecule has 4 aromatic rings. The third-order valence-electron chi connectivity index (χ3n) is 5.58. The van der Waals surface area contributed by atoms with Gasteiger partial charge in [-0.15, -0.1) is 5.10 Å². The first kappa shape index (κ1) is 21.9. The Morgan fingerprint density at radius 1 is 1.00 bits per heavy atom. The summed E-state index contributed by atoms with van der Waals surface area (Å²) in [4.78, 5) is 11.8. The molecule has 3 heterocycles. The largest absolute Gasteiger partial charge is 0.383 e. The van der Waals surface area contributed by atoms with E-state index in [9.17, 15) is 0 Å². The molecule has 33 heavy (non-hydrogen) atoms. The van der Waals surface area contributed by atoms with E-state index in [0.29, 0.717) is 45.1 Å². The Hall–Kier alpha value is -2.91. The third-order valence-corrected chi connectivity index (χ3v) is 6.32. The molecular weight excluding hydrogens is 461 g/mol. The molecule has 0 saturated carbocycles. The van der Waals surface area contributed by atoms with Gasteiger partial charge in [0.15, 0.2) is 5.65 Å². The summed E-state index contributed by atoms with van der Waals surface area (Å²) >= 11 is 12.3. The Kier molecular flexibility index (Phi) is 6.32. The molecule has 0 radical (unpaired) electrons. The van der Waals surface area contributed by atoms with Crippen LogP contribution in [0.5, 0.6) is 0 Å². The van der Waals surface area contributed by atoms with E-state index in [1.165, 1.54) is 0 Å². The average Bonchev–Trinajstić information content (AvgIpc) is 3.18. The van der Waals surface area contributed by atoms with E-state index in [1.807, 2.05) is 36.4 Å². The van der Waals surface area contributed by atoms with E-state index in [-0.39, 0.29) is 0 Å². The van der Waals surface area contributed by atoms with Crippen molar-refractivity contribution in [1.82, 2.24) is 24.6 Å². The van der Waals surface area contributed by atoms with Crippen LogP contribution in [0.1, 0.15) is 0 Å². The highest BCUT2D eigenvalue weighted by Crippen LogP contribution is 2.33. The first-order chi connectivity index (χ1) is 16.1. The summed E-state index contributed by atoms with van der Waals surface area (Å²) in [5, 5.41) is 9.59. The van der Waals surface area contributed by atoms with Crippen LogP contribution in [0, 0.1) is 0 Å². The van der Waals surface area contributed by atoms with E-state index in [4.69, 9.17) is 38.7 Å². The first-order valence-electron chi connectivity index (χ1n) is 10.7. The number of morpholine rings is 1. The summed E-state index contributed by atoms with van der Waals surface area (Å²) < 4.78 is 7.03. The van der Waals surface area contributed by atoms with E-state index in [0.717, 1.165) is 44.1 Å². The quantitative estimate of drug-likeness (QED) is 0.425. The molecule has 8 nitrogen and oxygen atoms in total. The van der Waals surface area contributed by atoms with Crippen molar-refractivity contribution in [3.05, 3.63) is 58.6 Å². The normalized spacial score (nSPS) is 14.6. The van der Waals surface area contributed by atoms with Crippen molar-refractivity contribution in [3.8, 4) is 16.9 Å². The van der Waals surface area contributed by atoms with Crippen LogP contribution in [0.2, 0.25) is 10.0 Å². The highest BCUT2D eigenvalue weighted by atomic mass is 35.5. The summed E-state index contributed by atoms with van der Waals surface area (Å²) in [6.07, 6.45) is 0. The van der Waals surface area contributed by atoms with E-state index < -0.39 is 0 Å². The van der Waals surface area contributed by atoms with Gasteiger partial charge >= 0.3 is 0 Å². The van der Waals surface area contributed by atoms with Crippen LogP contribution in [0.15, 0.2) is 48.5 Å². The van der Waals surface area contributed by atoms with Crippen molar-refractivity contribution in [1.29, 1.82) is 0 Å². The number of nitrogens with zero attached hydrogens (tertiary/aromatic N) is 5. The number of halogens is 2. The van der Waals surface area contributed by atoms with Gasteiger partial charge in [-0.2, -0.15) is 4.98 Å². The minimum atomic E-state index is 0.424. The molecule has 5 rings (SSSR count). The zero-order valence-electron chi connectivity index (χ0n) is 17.8. The van der Waals surface area contributed by atoms with E-state index in [2.05, 4.69) is 20.3 Å². The lowest BCUT2D eigenvalue weighted by molar-refractivity contribution is 0.0398. The number of nitrogens with one attached hydrogen (secondary N) is 1. The van der Waals surface area contributed by atoms with Gasteiger partial charge in [0.25, 0.3) is 0 Å². The molecule has 0 bridgehead atoms. The molecule has 1 aliphatic heterocycles. The molecule has 1 aliphatic rings. The molecule has 0 aliphatic carbocycles. The maximum Gasteiger partial charge on any atom is 0.225 e. The molecule has 0 spiro atoms. The Morgan fingerprint density at radius 2 is 1.79 bits per heavy atom. The van der Waals surface area contributed by atoms with Gasteiger partial charge < -0.3 is 15.8 Å². The molecule has 0 amide bonds. The second-order valence-electron chi connectivity index (χ2n) is 7.74. The lowest BCUT2D eigenvalue weighted by atomic mass is 10.1. The number of hydrogen-bond donors (Lipinski definition) is 2. The Morgan fingerprint density at radius 3 is 2.55 bits per heavy atom. The highest BCUT2D eigenvalue weighted by molar-refractivity contribution is 6.42. The molecular formula is C23H23Cl2N7O. The van der Waals surface area contributed by atoms with Gasteiger partial charge in [-0.05, 0) is 18.2 Å². The van der Waals surface area contributed by atoms with Crippen LogP contribution in [0.3, 0.4) is 0 Å². The highest BCUT2D eigenvalue weighted by Gasteiger charge is 2.20. The fourth-order valence-corrected chi connectivity index (χ4v) is 4.15. The lowest BCUT2D eigenvalue weighted by Crippen LogP contribution is -2.39. The average molecular weight is 484 g/mol. The summed E-state index contributed by atoms with van der Waals surface area (Å²) in [7, 11) is 0. The first-order valence-corrected chi connectivity index (χ1v) is 11.5. The van der Waals surface area contributed by atoms with Gasteiger partial charge in [0, 0.05) is 31.7 Å². The monoisotopic (exact) mass is 483 g/mol. The Bertz CT molecular complexity index is 1270. The summed E-state index contributed by atoms with van der Waals surface area (Å²) in [5.74, 6) is 0.940. The molecule has 170 valence electrons. The van der Waals surface area contributed by atoms with Crippen LogP contribution in [0.25, 0.3) is 28.0 Å². The maximum absolute atomic E-state index is 6.55. The van der Waals surface area contributed by atoms with Crippen molar-refractivity contribution in [3.63, 3.8) is 0 Å². The number of aromatic nitrogens is 4. The van der Waals surface area contributed by atoms with E-state index >= 15 is 0 Å². The minimum absolute atomic E-state index is 0.424. The van der Waals surface area contributed by atoms with Crippen LogP contribution in [-0.4, -0.2) is 64.0 Å². The van der Waals surface area contributed by atoms with E-state index in [1.54, 1.807) is 16.8 Å². The van der Waals surface area contributed by atoms with Gasteiger partial charge in [0.2, 0.25) is 5.95 Å². The number of fused-ring (bicyclic) bond motifs is 1. The number of anilines is 2. The smallest absolute Gasteiger partial charge is 0.225 e. The van der Waals surface area contributed by atoms with Gasteiger partial charge in [0.05, 0.1) is 40.0 Å². The van der Waals surface area contributed by atoms with Crippen molar-refractivity contribution < 1.29 is 4.74 Å². The third kappa shape index (κ3) is 4.60. The Balaban J connectivity index is 1.53. The number of benzene rings is 2.